The van der Waals surface area contributed by atoms with Crippen LogP contribution in [0.5, 0.6) is 0 Å². The van der Waals surface area contributed by atoms with Crippen LogP contribution in [0.25, 0.3) is 0 Å². The van der Waals surface area contributed by atoms with Gasteiger partial charge < -0.3 is 5.11 Å². The lowest BCUT2D eigenvalue weighted by atomic mass is 10.0. The molecule has 0 aliphatic heterocycles. The van der Waals surface area contributed by atoms with E-state index in [0.29, 0.717) is 0 Å². The molecule has 1 aromatic rings. The van der Waals surface area contributed by atoms with Crippen LogP contribution in [0.2, 0.25) is 0 Å². The van der Waals surface area contributed by atoms with Gasteiger partial charge in [0.25, 0.3) is 0 Å². The third-order valence-corrected chi connectivity index (χ3v) is 3.38. The average Bonchev–Trinajstić information content (AvgIpc) is 2.60. The van der Waals surface area contributed by atoms with Crippen LogP contribution in [0.15, 0.2) is 10.7 Å². The van der Waals surface area contributed by atoms with E-state index in [-0.39, 0.29) is 12.0 Å². The highest BCUT2D eigenvalue weighted by Gasteiger charge is 2.30. The quantitative estimate of drug-likeness (QED) is 0.819. The second-order valence-corrected chi connectivity index (χ2v) is 4.46. The van der Waals surface area contributed by atoms with Crippen molar-refractivity contribution in [1.82, 2.24) is 9.78 Å². The van der Waals surface area contributed by atoms with Crippen molar-refractivity contribution in [2.75, 3.05) is 0 Å². The Hall–Kier alpha value is -0.350. The standard InChI is InChI=1S/C9H13BrN2O/c1-12-9(7(10)5-11-12)6-3-2-4-8(6)13/h5-6,8,13H,2-4H2,1H3/t6-,8-/m1/s1. The van der Waals surface area contributed by atoms with Crippen LogP contribution >= 0.6 is 15.9 Å². The van der Waals surface area contributed by atoms with E-state index in [4.69, 9.17) is 0 Å². The van der Waals surface area contributed by atoms with Crippen molar-refractivity contribution in [3.8, 4) is 0 Å². The van der Waals surface area contributed by atoms with Gasteiger partial charge in [-0.15, -0.1) is 0 Å². The number of rotatable bonds is 1. The first-order valence-corrected chi connectivity index (χ1v) is 5.35. The molecule has 1 aliphatic rings. The maximum Gasteiger partial charge on any atom is 0.0635 e. The lowest BCUT2D eigenvalue weighted by Gasteiger charge is -2.15. The van der Waals surface area contributed by atoms with E-state index in [1.54, 1.807) is 6.20 Å². The van der Waals surface area contributed by atoms with E-state index in [1.807, 2.05) is 11.7 Å². The Balaban J connectivity index is 2.33. The Morgan fingerprint density at radius 1 is 1.62 bits per heavy atom. The van der Waals surface area contributed by atoms with Crippen molar-refractivity contribution in [3.63, 3.8) is 0 Å². The molecular formula is C9H13BrN2O. The van der Waals surface area contributed by atoms with Gasteiger partial charge in [-0.25, -0.2) is 0 Å². The van der Waals surface area contributed by atoms with Gasteiger partial charge in [0.15, 0.2) is 0 Å². The molecule has 0 amide bonds. The summed E-state index contributed by atoms with van der Waals surface area (Å²) in [6.45, 7) is 0. The molecule has 1 N–H and O–H groups in total. The monoisotopic (exact) mass is 244 g/mol. The summed E-state index contributed by atoms with van der Waals surface area (Å²) >= 11 is 3.46. The molecule has 1 fully saturated rings. The molecule has 0 spiro atoms. The van der Waals surface area contributed by atoms with Crippen LogP contribution < -0.4 is 0 Å². The number of aromatic nitrogens is 2. The molecule has 0 saturated heterocycles. The van der Waals surface area contributed by atoms with Crippen LogP contribution in [0.3, 0.4) is 0 Å². The first-order valence-electron chi connectivity index (χ1n) is 4.55. The predicted molar refractivity (Wildman–Crippen MR) is 53.5 cm³/mol. The van der Waals surface area contributed by atoms with Crippen LogP contribution in [0, 0.1) is 0 Å². The van der Waals surface area contributed by atoms with Crippen LogP contribution in [-0.4, -0.2) is 21.0 Å². The molecule has 1 saturated carbocycles. The molecule has 2 rings (SSSR count). The second-order valence-electron chi connectivity index (χ2n) is 3.61. The number of aliphatic hydroxyl groups is 1. The summed E-state index contributed by atoms with van der Waals surface area (Å²) in [5.74, 6) is 0.266. The molecule has 0 radical (unpaired) electrons. The van der Waals surface area contributed by atoms with E-state index in [9.17, 15) is 5.11 Å². The molecule has 1 aromatic heterocycles. The predicted octanol–water partition coefficient (Wildman–Crippen LogP) is 1.81. The Kier molecular flexibility index (Phi) is 2.43. The first kappa shape index (κ1) is 9.21. The number of aliphatic hydroxyl groups excluding tert-OH is 1. The molecule has 72 valence electrons. The van der Waals surface area contributed by atoms with Gasteiger partial charge in [0.2, 0.25) is 0 Å². The fraction of sp³-hybridized carbons (Fsp3) is 0.667. The van der Waals surface area contributed by atoms with Crippen molar-refractivity contribution < 1.29 is 5.11 Å². The zero-order valence-corrected chi connectivity index (χ0v) is 9.16. The molecule has 3 nitrogen and oxygen atoms in total. The van der Waals surface area contributed by atoms with Crippen LogP contribution in [0.4, 0.5) is 0 Å². The molecular weight excluding hydrogens is 232 g/mol. The highest BCUT2D eigenvalue weighted by molar-refractivity contribution is 9.10. The van der Waals surface area contributed by atoms with Gasteiger partial charge in [0, 0.05) is 13.0 Å². The summed E-state index contributed by atoms with van der Waals surface area (Å²) in [5.41, 5.74) is 1.13. The van der Waals surface area contributed by atoms with Gasteiger partial charge in [-0.1, -0.05) is 6.42 Å². The largest absolute Gasteiger partial charge is 0.392 e. The second kappa shape index (κ2) is 3.42. The third kappa shape index (κ3) is 1.53. The maximum absolute atomic E-state index is 9.75. The fourth-order valence-electron chi connectivity index (χ4n) is 2.10. The zero-order chi connectivity index (χ0) is 9.42. The number of hydrogen-bond acceptors (Lipinski definition) is 2. The Morgan fingerprint density at radius 2 is 2.38 bits per heavy atom. The molecule has 1 heterocycles. The maximum atomic E-state index is 9.75. The van der Waals surface area contributed by atoms with Crippen LogP contribution in [-0.2, 0) is 7.05 Å². The summed E-state index contributed by atoms with van der Waals surface area (Å²) < 4.78 is 2.87. The first-order chi connectivity index (χ1) is 6.20. The summed E-state index contributed by atoms with van der Waals surface area (Å²) in [6, 6.07) is 0. The highest BCUT2D eigenvalue weighted by atomic mass is 79.9. The summed E-state index contributed by atoms with van der Waals surface area (Å²) in [6.07, 6.45) is 4.71. The Bertz CT molecular complexity index is 291. The average molecular weight is 245 g/mol. The summed E-state index contributed by atoms with van der Waals surface area (Å²) in [7, 11) is 1.92. The van der Waals surface area contributed by atoms with Gasteiger partial charge in [0.05, 0.1) is 22.5 Å². The van der Waals surface area contributed by atoms with E-state index in [1.165, 1.54) is 0 Å². The molecule has 0 bridgehead atoms. The topological polar surface area (TPSA) is 38.0 Å². The van der Waals surface area contributed by atoms with Crippen molar-refractivity contribution in [2.45, 2.75) is 31.3 Å². The van der Waals surface area contributed by atoms with Gasteiger partial charge in [-0.2, -0.15) is 5.10 Å². The van der Waals surface area contributed by atoms with Gasteiger partial charge in [-0.3, -0.25) is 4.68 Å². The zero-order valence-electron chi connectivity index (χ0n) is 7.57. The van der Waals surface area contributed by atoms with E-state index in [2.05, 4.69) is 21.0 Å². The minimum atomic E-state index is -0.188. The Labute approximate surface area is 85.9 Å². The number of halogens is 1. The number of aryl methyl sites for hydroxylation is 1. The molecule has 13 heavy (non-hydrogen) atoms. The lowest BCUT2D eigenvalue weighted by Crippen LogP contribution is -2.15. The minimum Gasteiger partial charge on any atom is -0.392 e. The van der Waals surface area contributed by atoms with E-state index in [0.717, 1.165) is 29.4 Å². The summed E-state index contributed by atoms with van der Waals surface area (Å²) in [5, 5.41) is 13.9. The van der Waals surface area contributed by atoms with Gasteiger partial charge in [-0.05, 0) is 28.8 Å². The van der Waals surface area contributed by atoms with Crippen molar-refractivity contribution in [1.29, 1.82) is 0 Å². The van der Waals surface area contributed by atoms with Crippen molar-refractivity contribution in [3.05, 3.63) is 16.4 Å². The molecule has 0 unspecified atom stereocenters. The summed E-state index contributed by atoms with van der Waals surface area (Å²) in [4.78, 5) is 0. The molecule has 4 heteroatoms. The molecule has 2 atom stereocenters. The molecule has 0 aromatic carbocycles. The minimum absolute atomic E-state index is 0.188. The molecule has 1 aliphatic carbocycles. The van der Waals surface area contributed by atoms with Gasteiger partial charge in [0.1, 0.15) is 0 Å². The van der Waals surface area contributed by atoms with Crippen LogP contribution in [0.1, 0.15) is 30.9 Å². The smallest absolute Gasteiger partial charge is 0.0635 e. The number of hydrogen-bond donors (Lipinski definition) is 1. The van der Waals surface area contributed by atoms with Gasteiger partial charge >= 0.3 is 0 Å². The van der Waals surface area contributed by atoms with Crippen molar-refractivity contribution >= 4 is 15.9 Å². The number of nitrogens with zero attached hydrogens (tertiary/aromatic N) is 2. The third-order valence-electron chi connectivity index (χ3n) is 2.77. The van der Waals surface area contributed by atoms with E-state index >= 15 is 0 Å². The van der Waals surface area contributed by atoms with E-state index < -0.39 is 0 Å². The normalized spacial score (nSPS) is 28.2. The fourth-order valence-corrected chi connectivity index (χ4v) is 2.74. The Morgan fingerprint density at radius 3 is 2.85 bits per heavy atom. The SMILES string of the molecule is Cn1ncc(Br)c1[C@@H]1CCC[C@H]1O. The van der Waals surface area contributed by atoms with Crippen molar-refractivity contribution in [2.24, 2.45) is 7.05 Å². The highest BCUT2D eigenvalue weighted by Crippen LogP contribution is 2.37. The lowest BCUT2D eigenvalue weighted by molar-refractivity contribution is 0.160.